The summed E-state index contributed by atoms with van der Waals surface area (Å²) in [5, 5.41) is 3.73. The van der Waals surface area contributed by atoms with Crippen molar-refractivity contribution >= 4 is 34.4 Å². The van der Waals surface area contributed by atoms with Crippen molar-refractivity contribution in [3.8, 4) is 0 Å². The third-order valence-electron chi connectivity index (χ3n) is 5.90. The Kier molecular flexibility index (Phi) is 7.08. The number of aromatic nitrogens is 1. The molecule has 0 fully saturated rings. The average Bonchev–Trinajstić information content (AvgIpc) is 3.14. The smallest absolute Gasteiger partial charge is 0.416 e. The lowest BCUT2D eigenvalue weighted by Crippen LogP contribution is -2.29. The SMILES string of the molecule is COC(=O)c1ccc(C(C)NC(=O)c2c(Cl)c3ccccc3n2Cc2cccc(C(F)(F)F)c2)cc1. The second kappa shape index (κ2) is 10.1. The van der Waals surface area contributed by atoms with Crippen molar-refractivity contribution in [3.63, 3.8) is 0 Å². The summed E-state index contributed by atoms with van der Waals surface area (Å²) in [5.74, 6) is -0.947. The molecule has 4 aromatic rings. The number of carbonyl (C=O) groups is 2. The monoisotopic (exact) mass is 514 g/mol. The maximum absolute atomic E-state index is 13.4. The van der Waals surface area contributed by atoms with Gasteiger partial charge in [-0.3, -0.25) is 4.79 Å². The number of methoxy groups -OCH3 is 1. The third-order valence-corrected chi connectivity index (χ3v) is 6.28. The van der Waals surface area contributed by atoms with Crippen molar-refractivity contribution in [2.45, 2.75) is 25.7 Å². The molecule has 0 bridgehead atoms. The van der Waals surface area contributed by atoms with Gasteiger partial charge in [0.25, 0.3) is 5.91 Å². The number of rotatable bonds is 6. The number of ether oxygens (including phenoxy) is 1. The van der Waals surface area contributed by atoms with Crippen LogP contribution in [0.15, 0.2) is 72.8 Å². The molecule has 5 nitrogen and oxygen atoms in total. The Bertz CT molecular complexity index is 1430. The van der Waals surface area contributed by atoms with E-state index in [4.69, 9.17) is 16.3 Å². The molecule has 9 heteroatoms. The van der Waals surface area contributed by atoms with Gasteiger partial charge in [-0.25, -0.2) is 4.79 Å². The number of nitrogens with one attached hydrogen (secondary N) is 1. The second-order valence-corrected chi connectivity index (χ2v) is 8.65. The summed E-state index contributed by atoms with van der Waals surface area (Å²) < 4.78 is 46.1. The zero-order chi connectivity index (χ0) is 26.0. The fourth-order valence-corrected chi connectivity index (χ4v) is 4.40. The number of amides is 1. The highest BCUT2D eigenvalue weighted by Gasteiger charge is 2.30. The number of nitrogens with zero attached hydrogens (tertiary/aromatic N) is 1. The highest BCUT2D eigenvalue weighted by atomic mass is 35.5. The van der Waals surface area contributed by atoms with Crippen LogP contribution in [0.25, 0.3) is 10.9 Å². The summed E-state index contributed by atoms with van der Waals surface area (Å²) in [6.07, 6.45) is -4.48. The molecule has 1 amide bonds. The van der Waals surface area contributed by atoms with E-state index in [1.54, 1.807) is 66.1 Å². The van der Waals surface area contributed by atoms with Crippen LogP contribution < -0.4 is 5.32 Å². The standard InChI is InChI=1S/C27H22ClF3N2O3/c1-16(18-10-12-19(13-11-18)26(35)36-2)32-25(34)24-23(28)21-8-3-4-9-22(21)33(24)15-17-6-5-7-20(14-17)27(29,30)31/h3-14,16H,15H2,1-2H3,(H,32,34). The molecule has 1 N–H and O–H groups in total. The lowest BCUT2D eigenvalue weighted by Gasteiger charge is -2.17. The van der Waals surface area contributed by atoms with E-state index in [1.807, 2.05) is 0 Å². The summed E-state index contributed by atoms with van der Waals surface area (Å²) in [6, 6.07) is 18.2. The van der Waals surface area contributed by atoms with Crippen LogP contribution in [0.4, 0.5) is 13.2 Å². The quantitative estimate of drug-likeness (QED) is 0.293. The molecule has 4 rings (SSSR count). The van der Waals surface area contributed by atoms with Crippen LogP contribution in [-0.2, 0) is 17.5 Å². The van der Waals surface area contributed by atoms with Gasteiger partial charge in [0.05, 0.1) is 34.8 Å². The molecule has 0 aliphatic rings. The average molecular weight is 515 g/mol. The topological polar surface area (TPSA) is 60.3 Å². The van der Waals surface area contributed by atoms with E-state index in [9.17, 15) is 22.8 Å². The largest absolute Gasteiger partial charge is 0.465 e. The molecular weight excluding hydrogens is 493 g/mol. The van der Waals surface area contributed by atoms with Gasteiger partial charge >= 0.3 is 12.1 Å². The minimum Gasteiger partial charge on any atom is -0.465 e. The molecule has 1 aromatic heterocycles. The van der Waals surface area contributed by atoms with Crippen molar-refractivity contribution in [3.05, 3.63) is 106 Å². The first-order valence-electron chi connectivity index (χ1n) is 11.0. The number of benzene rings is 3. The number of halogens is 4. The first-order chi connectivity index (χ1) is 17.1. The van der Waals surface area contributed by atoms with E-state index < -0.39 is 29.7 Å². The van der Waals surface area contributed by atoms with Crippen LogP contribution >= 0.6 is 11.6 Å². The zero-order valence-electron chi connectivity index (χ0n) is 19.4. The minimum atomic E-state index is -4.48. The number of alkyl halides is 3. The predicted molar refractivity (Wildman–Crippen MR) is 131 cm³/mol. The van der Waals surface area contributed by atoms with Crippen molar-refractivity contribution in [2.75, 3.05) is 7.11 Å². The van der Waals surface area contributed by atoms with Gasteiger partial charge < -0.3 is 14.6 Å². The molecule has 0 spiro atoms. The van der Waals surface area contributed by atoms with Gasteiger partial charge in [0.15, 0.2) is 0 Å². The van der Waals surface area contributed by atoms with Gasteiger partial charge in [-0.2, -0.15) is 13.2 Å². The van der Waals surface area contributed by atoms with Gasteiger partial charge in [0.2, 0.25) is 0 Å². The molecule has 1 atom stereocenters. The zero-order valence-corrected chi connectivity index (χ0v) is 20.2. The maximum atomic E-state index is 13.4. The van der Waals surface area contributed by atoms with E-state index in [-0.39, 0.29) is 17.3 Å². The summed E-state index contributed by atoms with van der Waals surface area (Å²) in [6.45, 7) is 1.79. The van der Waals surface area contributed by atoms with Gasteiger partial charge in [0.1, 0.15) is 5.69 Å². The number of carbonyl (C=O) groups excluding carboxylic acids is 2. The Hall–Kier alpha value is -3.78. The van der Waals surface area contributed by atoms with Crippen molar-refractivity contribution in [2.24, 2.45) is 0 Å². The van der Waals surface area contributed by atoms with Crippen LogP contribution in [0.1, 0.15) is 50.5 Å². The lowest BCUT2D eigenvalue weighted by molar-refractivity contribution is -0.137. The summed E-state index contributed by atoms with van der Waals surface area (Å²) in [4.78, 5) is 25.1. The lowest BCUT2D eigenvalue weighted by atomic mass is 10.1. The highest BCUT2D eigenvalue weighted by Crippen LogP contribution is 2.33. The number of esters is 1. The molecule has 0 radical (unpaired) electrons. The molecule has 0 aliphatic carbocycles. The van der Waals surface area contributed by atoms with Crippen LogP contribution in [0.2, 0.25) is 5.02 Å². The van der Waals surface area contributed by atoms with Crippen LogP contribution in [-0.4, -0.2) is 23.6 Å². The Morgan fingerprint density at radius 3 is 2.39 bits per heavy atom. The first-order valence-corrected chi connectivity index (χ1v) is 11.4. The Morgan fingerprint density at radius 2 is 1.72 bits per heavy atom. The van der Waals surface area contributed by atoms with Gasteiger partial charge in [0, 0.05) is 11.9 Å². The molecule has 0 saturated heterocycles. The number of para-hydroxylation sites is 1. The molecule has 3 aromatic carbocycles. The number of hydrogen-bond donors (Lipinski definition) is 1. The fourth-order valence-electron chi connectivity index (χ4n) is 4.05. The summed E-state index contributed by atoms with van der Waals surface area (Å²) >= 11 is 6.62. The van der Waals surface area contributed by atoms with Crippen LogP contribution in [0.5, 0.6) is 0 Å². The molecule has 186 valence electrons. The Labute approximate surface area is 210 Å². The first kappa shape index (κ1) is 25.3. The molecule has 36 heavy (non-hydrogen) atoms. The van der Waals surface area contributed by atoms with Gasteiger partial charge in [-0.1, -0.05) is 54.1 Å². The van der Waals surface area contributed by atoms with E-state index in [2.05, 4.69) is 5.32 Å². The molecule has 0 saturated carbocycles. The summed E-state index contributed by atoms with van der Waals surface area (Å²) in [5.41, 5.74) is 1.51. The van der Waals surface area contributed by atoms with E-state index in [0.29, 0.717) is 22.0 Å². The Morgan fingerprint density at radius 1 is 1.03 bits per heavy atom. The molecule has 1 unspecified atom stereocenters. The number of fused-ring (bicyclic) bond motifs is 1. The molecule has 0 aliphatic heterocycles. The van der Waals surface area contributed by atoms with Crippen molar-refractivity contribution < 1.29 is 27.5 Å². The maximum Gasteiger partial charge on any atom is 0.416 e. The van der Waals surface area contributed by atoms with E-state index in [0.717, 1.165) is 17.7 Å². The Balaban J connectivity index is 1.67. The molecule has 1 heterocycles. The van der Waals surface area contributed by atoms with E-state index in [1.165, 1.54) is 13.2 Å². The fraction of sp³-hybridized carbons (Fsp3) is 0.185. The van der Waals surface area contributed by atoms with E-state index >= 15 is 0 Å². The third kappa shape index (κ3) is 5.09. The second-order valence-electron chi connectivity index (χ2n) is 8.27. The van der Waals surface area contributed by atoms with Crippen molar-refractivity contribution in [1.82, 2.24) is 9.88 Å². The summed E-state index contributed by atoms with van der Waals surface area (Å²) in [7, 11) is 1.29. The predicted octanol–water partition coefficient (Wildman–Crippen LogP) is 6.64. The van der Waals surface area contributed by atoms with Gasteiger partial charge in [-0.15, -0.1) is 0 Å². The number of hydrogen-bond acceptors (Lipinski definition) is 3. The molecular formula is C27H22ClF3N2O3. The normalized spacial score (nSPS) is 12.4. The van der Waals surface area contributed by atoms with Crippen LogP contribution in [0.3, 0.4) is 0 Å². The minimum absolute atomic E-state index is 0.0160. The highest BCUT2D eigenvalue weighted by molar-refractivity contribution is 6.38. The van der Waals surface area contributed by atoms with Crippen molar-refractivity contribution in [1.29, 1.82) is 0 Å². The van der Waals surface area contributed by atoms with Crippen LogP contribution in [0, 0.1) is 0 Å². The van der Waals surface area contributed by atoms with Gasteiger partial charge in [-0.05, 0) is 48.4 Å².